The van der Waals surface area contributed by atoms with E-state index in [0.29, 0.717) is 5.69 Å². The number of esters is 1. The lowest BCUT2D eigenvalue weighted by Crippen LogP contribution is -2.13. The van der Waals surface area contributed by atoms with Crippen LogP contribution in [0.1, 0.15) is 10.5 Å². The van der Waals surface area contributed by atoms with Gasteiger partial charge in [0.05, 0.1) is 19.0 Å². The SMILES string of the molecule is COC(=O)c1ccc(NC(=O)CCl)cn1. The van der Waals surface area contributed by atoms with Gasteiger partial charge in [-0.05, 0) is 12.1 Å². The van der Waals surface area contributed by atoms with Crippen molar-refractivity contribution >= 4 is 29.2 Å². The van der Waals surface area contributed by atoms with E-state index >= 15 is 0 Å². The number of hydrogen-bond donors (Lipinski definition) is 1. The van der Waals surface area contributed by atoms with E-state index in [1.165, 1.54) is 19.4 Å². The highest BCUT2D eigenvalue weighted by Gasteiger charge is 2.06. The molecular weight excluding hydrogens is 220 g/mol. The van der Waals surface area contributed by atoms with Gasteiger partial charge in [0.15, 0.2) is 0 Å². The number of pyridine rings is 1. The third-order valence-electron chi connectivity index (χ3n) is 1.56. The van der Waals surface area contributed by atoms with E-state index in [4.69, 9.17) is 11.6 Å². The topological polar surface area (TPSA) is 68.3 Å². The van der Waals surface area contributed by atoms with Gasteiger partial charge < -0.3 is 10.1 Å². The number of alkyl halides is 1. The summed E-state index contributed by atoms with van der Waals surface area (Å²) in [6.45, 7) is 0. The van der Waals surface area contributed by atoms with Gasteiger partial charge in [-0.25, -0.2) is 9.78 Å². The number of aromatic nitrogens is 1. The first kappa shape index (κ1) is 11.5. The van der Waals surface area contributed by atoms with Gasteiger partial charge in [-0.3, -0.25) is 4.79 Å². The Morgan fingerprint density at radius 2 is 2.27 bits per heavy atom. The largest absolute Gasteiger partial charge is 0.464 e. The Hall–Kier alpha value is -1.62. The molecule has 0 spiro atoms. The number of hydrogen-bond acceptors (Lipinski definition) is 4. The van der Waals surface area contributed by atoms with Crippen molar-refractivity contribution in [3.63, 3.8) is 0 Å². The number of amides is 1. The number of nitrogens with one attached hydrogen (secondary N) is 1. The molecule has 0 aromatic carbocycles. The lowest BCUT2D eigenvalue weighted by atomic mass is 10.3. The normalized spacial score (nSPS) is 9.47. The van der Waals surface area contributed by atoms with E-state index in [0.717, 1.165) is 0 Å². The molecule has 0 bridgehead atoms. The van der Waals surface area contributed by atoms with Gasteiger partial charge in [0.25, 0.3) is 0 Å². The van der Waals surface area contributed by atoms with Crippen molar-refractivity contribution in [2.45, 2.75) is 0 Å². The average molecular weight is 229 g/mol. The molecule has 1 aromatic rings. The van der Waals surface area contributed by atoms with Crippen LogP contribution in [-0.2, 0) is 9.53 Å². The first-order chi connectivity index (χ1) is 7.17. The van der Waals surface area contributed by atoms with Crippen LogP contribution in [0, 0.1) is 0 Å². The maximum atomic E-state index is 11.0. The molecule has 1 N–H and O–H groups in total. The summed E-state index contributed by atoms with van der Waals surface area (Å²) in [5.41, 5.74) is 0.662. The van der Waals surface area contributed by atoms with Crippen molar-refractivity contribution in [2.75, 3.05) is 18.3 Å². The number of anilines is 1. The molecule has 1 heterocycles. The van der Waals surface area contributed by atoms with Crippen LogP contribution in [0.15, 0.2) is 18.3 Å². The highest BCUT2D eigenvalue weighted by atomic mass is 35.5. The van der Waals surface area contributed by atoms with Crippen LogP contribution >= 0.6 is 11.6 Å². The first-order valence-corrected chi connectivity index (χ1v) is 4.61. The lowest BCUT2D eigenvalue weighted by Gasteiger charge is -2.02. The summed E-state index contributed by atoms with van der Waals surface area (Å²) in [5, 5.41) is 2.49. The zero-order valence-electron chi connectivity index (χ0n) is 7.99. The Bertz CT molecular complexity index is 364. The molecule has 1 aromatic heterocycles. The molecule has 1 rings (SSSR count). The summed E-state index contributed by atoms with van der Waals surface area (Å²) in [7, 11) is 1.27. The fourth-order valence-corrected chi connectivity index (χ4v) is 0.954. The Kier molecular flexibility index (Phi) is 4.05. The van der Waals surface area contributed by atoms with E-state index in [1.807, 2.05) is 0 Å². The molecule has 6 heteroatoms. The Morgan fingerprint density at radius 1 is 1.53 bits per heavy atom. The molecule has 0 atom stereocenters. The molecule has 15 heavy (non-hydrogen) atoms. The summed E-state index contributed by atoms with van der Waals surface area (Å²) in [6, 6.07) is 3.00. The van der Waals surface area contributed by atoms with Gasteiger partial charge >= 0.3 is 5.97 Å². The maximum absolute atomic E-state index is 11.0. The third kappa shape index (κ3) is 3.21. The van der Waals surface area contributed by atoms with Gasteiger partial charge in [-0.2, -0.15) is 0 Å². The molecular formula is C9H9ClN2O3. The smallest absolute Gasteiger partial charge is 0.356 e. The van der Waals surface area contributed by atoms with Crippen molar-refractivity contribution in [3.05, 3.63) is 24.0 Å². The standard InChI is InChI=1S/C9H9ClN2O3/c1-15-9(14)7-3-2-6(5-11-7)12-8(13)4-10/h2-3,5H,4H2,1H3,(H,12,13). The second-order valence-electron chi connectivity index (χ2n) is 2.61. The van der Waals surface area contributed by atoms with E-state index in [-0.39, 0.29) is 17.5 Å². The minimum atomic E-state index is -0.523. The van der Waals surface area contributed by atoms with Crippen LogP contribution in [0.4, 0.5) is 5.69 Å². The summed E-state index contributed by atoms with van der Waals surface area (Å²) < 4.78 is 4.47. The van der Waals surface area contributed by atoms with E-state index in [2.05, 4.69) is 15.0 Å². The fraction of sp³-hybridized carbons (Fsp3) is 0.222. The van der Waals surface area contributed by atoms with Gasteiger partial charge in [0.2, 0.25) is 5.91 Å². The van der Waals surface area contributed by atoms with E-state index < -0.39 is 5.97 Å². The molecule has 0 aliphatic heterocycles. The zero-order chi connectivity index (χ0) is 11.3. The molecule has 0 aliphatic rings. The van der Waals surface area contributed by atoms with Crippen molar-refractivity contribution in [3.8, 4) is 0 Å². The first-order valence-electron chi connectivity index (χ1n) is 4.07. The highest BCUT2D eigenvalue weighted by molar-refractivity contribution is 6.29. The van der Waals surface area contributed by atoms with Crippen molar-refractivity contribution in [1.29, 1.82) is 0 Å². The lowest BCUT2D eigenvalue weighted by molar-refractivity contribution is -0.113. The predicted octanol–water partition coefficient (Wildman–Crippen LogP) is 1.05. The molecule has 0 saturated carbocycles. The second-order valence-corrected chi connectivity index (χ2v) is 2.87. The number of halogens is 1. The summed E-state index contributed by atoms with van der Waals surface area (Å²) in [5.74, 6) is -0.979. The van der Waals surface area contributed by atoms with Crippen LogP contribution in [0.25, 0.3) is 0 Å². The zero-order valence-corrected chi connectivity index (χ0v) is 8.75. The van der Waals surface area contributed by atoms with Crippen LogP contribution in [0.3, 0.4) is 0 Å². The van der Waals surface area contributed by atoms with Crippen molar-refractivity contribution < 1.29 is 14.3 Å². The van der Waals surface area contributed by atoms with Gasteiger partial charge in [-0.1, -0.05) is 0 Å². The van der Waals surface area contributed by atoms with Gasteiger partial charge in [0.1, 0.15) is 11.6 Å². The van der Waals surface area contributed by atoms with Crippen LogP contribution in [0.5, 0.6) is 0 Å². The van der Waals surface area contributed by atoms with Crippen LogP contribution in [-0.4, -0.2) is 29.9 Å². The monoisotopic (exact) mass is 228 g/mol. The Labute approximate surface area is 91.4 Å². The van der Waals surface area contributed by atoms with E-state index in [9.17, 15) is 9.59 Å². The minimum absolute atomic E-state index is 0.126. The summed E-state index contributed by atoms with van der Waals surface area (Å²) >= 11 is 5.30. The molecule has 0 radical (unpaired) electrons. The predicted molar refractivity (Wildman–Crippen MR) is 54.9 cm³/mol. The molecule has 0 unspecified atom stereocenters. The number of rotatable bonds is 3. The number of carbonyl (C=O) groups excluding carboxylic acids is 2. The minimum Gasteiger partial charge on any atom is -0.464 e. The molecule has 0 saturated heterocycles. The molecule has 5 nitrogen and oxygen atoms in total. The van der Waals surface area contributed by atoms with E-state index in [1.54, 1.807) is 6.07 Å². The third-order valence-corrected chi connectivity index (χ3v) is 1.81. The number of carbonyl (C=O) groups is 2. The highest BCUT2D eigenvalue weighted by Crippen LogP contribution is 2.06. The molecule has 0 aliphatic carbocycles. The Balaban J connectivity index is 2.72. The number of ether oxygens (including phenoxy) is 1. The molecule has 1 amide bonds. The van der Waals surface area contributed by atoms with Crippen molar-refractivity contribution in [2.24, 2.45) is 0 Å². The number of nitrogens with zero attached hydrogens (tertiary/aromatic N) is 1. The summed E-state index contributed by atoms with van der Waals surface area (Å²) in [4.78, 5) is 25.7. The van der Waals surface area contributed by atoms with Crippen molar-refractivity contribution in [1.82, 2.24) is 4.98 Å². The Morgan fingerprint density at radius 3 is 2.73 bits per heavy atom. The quantitative estimate of drug-likeness (QED) is 0.620. The maximum Gasteiger partial charge on any atom is 0.356 e. The summed E-state index contributed by atoms with van der Waals surface area (Å²) in [6.07, 6.45) is 1.36. The fourth-order valence-electron chi connectivity index (χ4n) is 0.888. The van der Waals surface area contributed by atoms with Crippen LogP contribution < -0.4 is 5.32 Å². The molecule has 80 valence electrons. The average Bonchev–Trinajstić information content (AvgIpc) is 2.29. The molecule has 0 fully saturated rings. The van der Waals surface area contributed by atoms with Gasteiger partial charge in [0, 0.05) is 0 Å². The van der Waals surface area contributed by atoms with Crippen LogP contribution in [0.2, 0.25) is 0 Å². The van der Waals surface area contributed by atoms with Gasteiger partial charge in [-0.15, -0.1) is 11.6 Å². The second kappa shape index (κ2) is 5.31. The number of methoxy groups -OCH3 is 1.